The van der Waals surface area contributed by atoms with Gasteiger partial charge in [0.1, 0.15) is 13.2 Å². The molecule has 0 spiro atoms. The molecule has 1 aromatic heterocycles. The van der Waals surface area contributed by atoms with E-state index in [9.17, 15) is 9.59 Å². The molecule has 0 saturated carbocycles. The summed E-state index contributed by atoms with van der Waals surface area (Å²) in [5, 5.41) is 2.82. The zero-order chi connectivity index (χ0) is 20.2. The number of rotatable bonds is 4. The number of benzene rings is 1. The van der Waals surface area contributed by atoms with Crippen molar-refractivity contribution >= 4 is 17.5 Å². The molecule has 2 aromatic rings. The molecule has 8 heteroatoms. The first kappa shape index (κ1) is 19.2. The van der Waals surface area contributed by atoms with E-state index >= 15 is 0 Å². The first-order valence-electron chi connectivity index (χ1n) is 9.81. The maximum Gasteiger partial charge on any atom is 0.257 e. The Balaban J connectivity index is 1.44. The highest BCUT2D eigenvalue weighted by Gasteiger charge is 2.22. The van der Waals surface area contributed by atoms with Crippen molar-refractivity contribution < 1.29 is 19.1 Å². The maximum absolute atomic E-state index is 12.8. The normalized spacial score (nSPS) is 16.4. The molecule has 1 fully saturated rings. The molecule has 2 amide bonds. The molecule has 2 aliphatic rings. The third kappa shape index (κ3) is 4.32. The molecule has 8 nitrogen and oxygen atoms in total. The number of carbonyl (C=O) groups excluding carboxylic acids is 2. The lowest BCUT2D eigenvalue weighted by Gasteiger charge is -2.34. The molecule has 29 heavy (non-hydrogen) atoms. The van der Waals surface area contributed by atoms with Crippen LogP contribution in [0.15, 0.2) is 36.7 Å². The fourth-order valence-corrected chi connectivity index (χ4v) is 3.46. The molecule has 0 radical (unpaired) electrons. The second-order valence-electron chi connectivity index (χ2n) is 7.00. The molecule has 2 aliphatic heterocycles. The number of hydrogen-bond donors (Lipinski definition) is 1. The number of hydrogen-bond acceptors (Lipinski definition) is 6. The quantitative estimate of drug-likeness (QED) is 0.850. The van der Waals surface area contributed by atoms with Gasteiger partial charge >= 0.3 is 0 Å². The Morgan fingerprint density at radius 2 is 1.72 bits per heavy atom. The van der Waals surface area contributed by atoms with E-state index in [0.29, 0.717) is 54.6 Å². The van der Waals surface area contributed by atoms with E-state index in [1.165, 1.54) is 12.4 Å². The van der Waals surface area contributed by atoms with Gasteiger partial charge in [0.25, 0.3) is 11.8 Å². The summed E-state index contributed by atoms with van der Waals surface area (Å²) in [5.74, 6) is 0.830. The summed E-state index contributed by atoms with van der Waals surface area (Å²) < 4.78 is 11.0. The van der Waals surface area contributed by atoms with Gasteiger partial charge in [0.2, 0.25) is 0 Å². The van der Waals surface area contributed by atoms with E-state index in [-0.39, 0.29) is 11.8 Å². The highest BCUT2D eigenvalue weighted by atomic mass is 16.6. The van der Waals surface area contributed by atoms with Crippen LogP contribution in [0.2, 0.25) is 0 Å². The van der Waals surface area contributed by atoms with Gasteiger partial charge in [-0.05, 0) is 24.7 Å². The lowest BCUT2D eigenvalue weighted by molar-refractivity contribution is 0.0643. The molecule has 1 aromatic carbocycles. The Bertz CT molecular complexity index is 909. The van der Waals surface area contributed by atoms with Crippen LogP contribution in [0.3, 0.4) is 0 Å². The summed E-state index contributed by atoms with van der Waals surface area (Å²) in [7, 11) is 0. The highest BCUT2D eigenvalue weighted by molar-refractivity contribution is 6.06. The Hall–Kier alpha value is -3.13. The number of nitrogens with zero attached hydrogens (tertiary/aromatic N) is 3. The maximum atomic E-state index is 12.8. The van der Waals surface area contributed by atoms with Crippen LogP contribution in [0.1, 0.15) is 27.6 Å². The van der Waals surface area contributed by atoms with E-state index in [0.717, 1.165) is 19.6 Å². The van der Waals surface area contributed by atoms with Crippen LogP contribution in [-0.4, -0.2) is 72.5 Å². The first-order valence-corrected chi connectivity index (χ1v) is 9.81. The molecule has 4 rings (SSSR count). The SMILES string of the molecule is CCN1CCN(C(=O)c2cncc(C(=O)Nc3ccc4c(c3)OCCO4)c2)CC1. The molecular formula is C21H24N4O4. The number of amides is 2. The van der Waals surface area contributed by atoms with Crippen LogP contribution in [0.5, 0.6) is 11.5 Å². The number of piperazine rings is 1. The van der Waals surface area contributed by atoms with Crippen molar-refractivity contribution in [2.75, 3.05) is 51.3 Å². The zero-order valence-electron chi connectivity index (χ0n) is 16.4. The number of likely N-dealkylation sites (N-methyl/N-ethyl adjacent to an activating group) is 1. The number of pyridine rings is 1. The van der Waals surface area contributed by atoms with E-state index in [1.54, 1.807) is 24.3 Å². The summed E-state index contributed by atoms with van der Waals surface area (Å²) in [6.07, 6.45) is 2.97. The lowest BCUT2D eigenvalue weighted by Crippen LogP contribution is -2.48. The fraction of sp³-hybridized carbons (Fsp3) is 0.381. The van der Waals surface area contributed by atoms with Gasteiger partial charge in [-0.2, -0.15) is 0 Å². The third-order valence-electron chi connectivity index (χ3n) is 5.15. The van der Waals surface area contributed by atoms with E-state index < -0.39 is 0 Å². The first-order chi connectivity index (χ1) is 14.1. The summed E-state index contributed by atoms with van der Waals surface area (Å²) in [6.45, 7) is 7.18. The van der Waals surface area contributed by atoms with Gasteiger partial charge in [-0.1, -0.05) is 6.92 Å². The van der Waals surface area contributed by atoms with Crippen molar-refractivity contribution in [3.8, 4) is 11.5 Å². The van der Waals surface area contributed by atoms with Gasteiger partial charge in [0, 0.05) is 50.3 Å². The Morgan fingerprint density at radius 1 is 1.00 bits per heavy atom. The summed E-state index contributed by atoms with van der Waals surface area (Å²) in [5.41, 5.74) is 1.34. The zero-order valence-corrected chi connectivity index (χ0v) is 16.4. The van der Waals surface area contributed by atoms with Crippen LogP contribution in [0.4, 0.5) is 5.69 Å². The summed E-state index contributed by atoms with van der Waals surface area (Å²) in [4.78, 5) is 33.7. The largest absolute Gasteiger partial charge is 0.486 e. The minimum Gasteiger partial charge on any atom is -0.486 e. The van der Waals surface area contributed by atoms with E-state index in [4.69, 9.17) is 9.47 Å². The van der Waals surface area contributed by atoms with Gasteiger partial charge in [0.05, 0.1) is 11.1 Å². The molecule has 1 saturated heterocycles. The van der Waals surface area contributed by atoms with Crippen LogP contribution >= 0.6 is 0 Å². The van der Waals surface area contributed by atoms with Crippen molar-refractivity contribution in [1.82, 2.24) is 14.8 Å². The minimum atomic E-state index is -0.334. The second kappa shape index (κ2) is 8.48. The molecular weight excluding hydrogens is 372 g/mol. The Morgan fingerprint density at radius 3 is 2.48 bits per heavy atom. The van der Waals surface area contributed by atoms with Gasteiger partial charge in [0.15, 0.2) is 11.5 Å². The summed E-state index contributed by atoms with van der Waals surface area (Å²) in [6, 6.07) is 6.83. The molecule has 0 aliphatic carbocycles. The standard InChI is InChI=1S/C21H24N4O4/c1-2-24-5-7-25(8-6-24)21(27)16-11-15(13-22-14-16)20(26)23-17-3-4-18-19(12-17)29-10-9-28-18/h3-4,11-14H,2,5-10H2,1H3,(H,23,26). The van der Waals surface area contributed by atoms with Gasteiger partial charge in [-0.15, -0.1) is 0 Å². The molecule has 0 unspecified atom stereocenters. The number of aromatic nitrogens is 1. The second-order valence-corrected chi connectivity index (χ2v) is 7.00. The van der Waals surface area contributed by atoms with E-state index in [1.807, 2.05) is 4.90 Å². The number of carbonyl (C=O) groups is 2. The Labute approximate surface area is 169 Å². The van der Waals surface area contributed by atoms with Gasteiger partial charge in [-0.3, -0.25) is 14.6 Å². The monoisotopic (exact) mass is 396 g/mol. The van der Waals surface area contributed by atoms with Crippen LogP contribution in [-0.2, 0) is 0 Å². The van der Waals surface area contributed by atoms with Crippen molar-refractivity contribution in [3.05, 3.63) is 47.8 Å². The van der Waals surface area contributed by atoms with Crippen LogP contribution < -0.4 is 14.8 Å². The van der Waals surface area contributed by atoms with Crippen molar-refractivity contribution in [2.24, 2.45) is 0 Å². The highest BCUT2D eigenvalue weighted by Crippen LogP contribution is 2.32. The summed E-state index contributed by atoms with van der Waals surface area (Å²) >= 11 is 0. The molecule has 1 N–H and O–H groups in total. The molecule has 0 atom stereocenters. The number of nitrogens with one attached hydrogen (secondary N) is 1. The predicted molar refractivity (Wildman–Crippen MR) is 108 cm³/mol. The number of fused-ring (bicyclic) bond motifs is 1. The van der Waals surface area contributed by atoms with E-state index in [2.05, 4.69) is 22.1 Å². The van der Waals surface area contributed by atoms with Gasteiger partial charge in [-0.25, -0.2) is 0 Å². The van der Waals surface area contributed by atoms with Crippen LogP contribution in [0.25, 0.3) is 0 Å². The molecule has 152 valence electrons. The average Bonchev–Trinajstić information content (AvgIpc) is 2.78. The molecule has 0 bridgehead atoms. The van der Waals surface area contributed by atoms with Crippen molar-refractivity contribution in [3.63, 3.8) is 0 Å². The number of anilines is 1. The topological polar surface area (TPSA) is 84.0 Å². The average molecular weight is 396 g/mol. The smallest absolute Gasteiger partial charge is 0.257 e. The predicted octanol–water partition coefficient (Wildman–Crippen LogP) is 1.88. The minimum absolute atomic E-state index is 0.0952. The Kier molecular flexibility index (Phi) is 5.62. The van der Waals surface area contributed by atoms with Gasteiger partial charge < -0.3 is 24.6 Å². The molecule has 3 heterocycles. The lowest BCUT2D eigenvalue weighted by atomic mass is 10.1. The van der Waals surface area contributed by atoms with Crippen molar-refractivity contribution in [2.45, 2.75) is 6.92 Å². The van der Waals surface area contributed by atoms with Crippen LogP contribution in [0, 0.1) is 0 Å². The van der Waals surface area contributed by atoms with Crippen molar-refractivity contribution in [1.29, 1.82) is 0 Å². The number of ether oxygens (including phenoxy) is 2. The third-order valence-corrected chi connectivity index (χ3v) is 5.15. The fourth-order valence-electron chi connectivity index (χ4n) is 3.46.